The minimum Gasteiger partial charge on any atom is -0.470 e. The number of ether oxygens (including phenoxy) is 1. The molecule has 1 aliphatic heterocycles. The van der Waals surface area contributed by atoms with Crippen molar-refractivity contribution in [3.8, 4) is 23.3 Å². The van der Waals surface area contributed by atoms with Gasteiger partial charge in [0.15, 0.2) is 11.5 Å². The zero-order valence-electron chi connectivity index (χ0n) is 14.9. The van der Waals surface area contributed by atoms with Gasteiger partial charge in [0.2, 0.25) is 5.69 Å². The number of hydrogen-bond acceptors (Lipinski definition) is 8. The summed E-state index contributed by atoms with van der Waals surface area (Å²) in [4.78, 5) is 26.5. The Bertz CT molecular complexity index is 1010. The van der Waals surface area contributed by atoms with E-state index in [0.29, 0.717) is 18.8 Å². The summed E-state index contributed by atoms with van der Waals surface area (Å²) in [7, 11) is 0. The molecule has 28 heavy (non-hydrogen) atoms. The van der Waals surface area contributed by atoms with Crippen molar-refractivity contribution in [1.29, 1.82) is 5.26 Å². The first-order chi connectivity index (χ1) is 13.7. The van der Waals surface area contributed by atoms with Gasteiger partial charge in [-0.3, -0.25) is 9.78 Å². The fraction of sp³-hybridized carbons (Fsp3) is 0.263. The van der Waals surface area contributed by atoms with Gasteiger partial charge in [0.05, 0.1) is 6.54 Å². The third-order valence-electron chi connectivity index (χ3n) is 4.39. The summed E-state index contributed by atoms with van der Waals surface area (Å²) in [5, 5.41) is 13.0. The van der Waals surface area contributed by atoms with Gasteiger partial charge in [0.25, 0.3) is 11.8 Å². The molecule has 0 saturated carbocycles. The van der Waals surface area contributed by atoms with E-state index >= 15 is 0 Å². The van der Waals surface area contributed by atoms with Crippen LogP contribution < -0.4 is 4.74 Å². The average Bonchev–Trinajstić information content (AvgIpc) is 3.25. The molecule has 0 spiro atoms. The Hall–Kier alpha value is -3.80. The Kier molecular flexibility index (Phi) is 4.93. The first-order valence-corrected chi connectivity index (χ1v) is 8.79. The van der Waals surface area contributed by atoms with Gasteiger partial charge in [-0.05, 0) is 25.0 Å². The zero-order chi connectivity index (χ0) is 19.3. The second-order valence-electron chi connectivity index (χ2n) is 6.27. The summed E-state index contributed by atoms with van der Waals surface area (Å²) < 4.78 is 11.1. The first kappa shape index (κ1) is 17.6. The van der Waals surface area contributed by atoms with Crippen LogP contribution in [0.25, 0.3) is 11.3 Å². The number of rotatable bonds is 4. The number of carbonyl (C=O) groups is 1. The Balaban J connectivity index is 1.45. The Morgan fingerprint density at radius 1 is 1.32 bits per heavy atom. The lowest BCUT2D eigenvalue weighted by molar-refractivity contribution is 0.0517. The van der Waals surface area contributed by atoms with Gasteiger partial charge in [0, 0.05) is 43.0 Å². The third kappa shape index (κ3) is 3.66. The fourth-order valence-electron chi connectivity index (χ4n) is 3.05. The SMILES string of the molecule is N#Cc1nccnc1OC1CCCN(C(=O)c2cc(-c3cccnc3)on2)C1. The van der Waals surface area contributed by atoms with Crippen molar-refractivity contribution in [2.45, 2.75) is 18.9 Å². The summed E-state index contributed by atoms with van der Waals surface area (Å²) in [5.74, 6) is 0.441. The van der Waals surface area contributed by atoms with Crippen LogP contribution in [0.5, 0.6) is 5.88 Å². The summed E-state index contributed by atoms with van der Waals surface area (Å²) in [6.45, 7) is 0.967. The van der Waals surface area contributed by atoms with E-state index in [0.717, 1.165) is 18.4 Å². The summed E-state index contributed by atoms with van der Waals surface area (Å²) in [6, 6.07) is 7.19. The van der Waals surface area contributed by atoms with Crippen LogP contribution in [0.3, 0.4) is 0 Å². The zero-order valence-corrected chi connectivity index (χ0v) is 14.9. The molecule has 1 unspecified atom stereocenters. The topological polar surface area (TPSA) is 118 Å². The van der Waals surface area contributed by atoms with E-state index in [4.69, 9.17) is 14.5 Å². The van der Waals surface area contributed by atoms with Gasteiger partial charge >= 0.3 is 0 Å². The molecule has 0 N–H and O–H groups in total. The highest BCUT2D eigenvalue weighted by Gasteiger charge is 2.28. The molecule has 1 atom stereocenters. The van der Waals surface area contributed by atoms with E-state index in [1.807, 2.05) is 12.1 Å². The molecule has 3 aromatic heterocycles. The van der Waals surface area contributed by atoms with Gasteiger partial charge in [-0.2, -0.15) is 5.26 Å². The van der Waals surface area contributed by atoms with Crippen molar-refractivity contribution < 1.29 is 14.1 Å². The molecule has 0 bridgehead atoms. The monoisotopic (exact) mass is 376 g/mol. The van der Waals surface area contributed by atoms with E-state index in [1.54, 1.807) is 29.4 Å². The largest absolute Gasteiger partial charge is 0.470 e. The first-order valence-electron chi connectivity index (χ1n) is 8.79. The third-order valence-corrected chi connectivity index (χ3v) is 4.39. The number of likely N-dealkylation sites (tertiary alicyclic amines) is 1. The van der Waals surface area contributed by atoms with Gasteiger partial charge in [0.1, 0.15) is 12.2 Å². The van der Waals surface area contributed by atoms with Crippen LogP contribution in [0.1, 0.15) is 29.0 Å². The molecule has 1 aliphatic rings. The molecule has 140 valence electrons. The number of piperidine rings is 1. The fourth-order valence-corrected chi connectivity index (χ4v) is 3.05. The van der Waals surface area contributed by atoms with Crippen LogP contribution in [0, 0.1) is 11.3 Å². The molecule has 4 heterocycles. The summed E-state index contributed by atoms with van der Waals surface area (Å²) >= 11 is 0. The molecule has 9 heteroatoms. The van der Waals surface area contributed by atoms with E-state index in [-0.39, 0.29) is 29.3 Å². The molecule has 1 saturated heterocycles. The summed E-state index contributed by atoms with van der Waals surface area (Å²) in [5.41, 5.74) is 1.11. The minimum absolute atomic E-state index is 0.128. The lowest BCUT2D eigenvalue weighted by Gasteiger charge is -2.32. The van der Waals surface area contributed by atoms with Crippen LogP contribution in [0.15, 0.2) is 47.5 Å². The van der Waals surface area contributed by atoms with E-state index < -0.39 is 0 Å². The number of pyridine rings is 1. The highest BCUT2D eigenvalue weighted by molar-refractivity contribution is 5.93. The standard InChI is InChI=1S/C19H16N6O3/c20-10-16-18(23-7-6-22-16)27-14-4-2-8-25(12-14)19(26)15-9-17(28-24-15)13-3-1-5-21-11-13/h1,3,5-7,9,11,14H,2,4,8,12H2. The van der Waals surface area contributed by atoms with Crippen molar-refractivity contribution >= 4 is 5.91 Å². The van der Waals surface area contributed by atoms with Gasteiger partial charge in [-0.15, -0.1) is 0 Å². The number of amides is 1. The number of aromatic nitrogens is 4. The molecule has 0 aromatic carbocycles. The smallest absolute Gasteiger partial charge is 0.276 e. The Morgan fingerprint density at radius 2 is 2.21 bits per heavy atom. The van der Waals surface area contributed by atoms with Crippen molar-refractivity contribution in [1.82, 2.24) is 25.0 Å². The Morgan fingerprint density at radius 3 is 3.04 bits per heavy atom. The highest BCUT2D eigenvalue weighted by Crippen LogP contribution is 2.22. The molecule has 0 aliphatic carbocycles. The molecule has 4 rings (SSSR count). The average molecular weight is 376 g/mol. The molecule has 1 amide bonds. The van der Waals surface area contributed by atoms with Crippen molar-refractivity contribution in [2.75, 3.05) is 13.1 Å². The van der Waals surface area contributed by atoms with Gasteiger partial charge < -0.3 is 14.2 Å². The van der Waals surface area contributed by atoms with Crippen LogP contribution in [-0.4, -0.2) is 50.1 Å². The molecule has 3 aromatic rings. The predicted octanol–water partition coefficient (Wildman–Crippen LogP) is 2.08. The summed E-state index contributed by atoms with van der Waals surface area (Å²) in [6.07, 6.45) is 7.47. The molecular formula is C19H16N6O3. The van der Waals surface area contributed by atoms with E-state index in [1.165, 1.54) is 12.4 Å². The maximum atomic E-state index is 12.8. The second kappa shape index (κ2) is 7.84. The van der Waals surface area contributed by atoms with Crippen LogP contribution >= 0.6 is 0 Å². The Labute approximate surface area is 160 Å². The normalized spacial score (nSPS) is 16.4. The van der Waals surface area contributed by atoms with Crippen LogP contribution in [0.2, 0.25) is 0 Å². The van der Waals surface area contributed by atoms with E-state index in [2.05, 4.69) is 20.1 Å². The molecule has 0 radical (unpaired) electrons. The van der Waals surface area contributed by atoms with Crippen LogP contribution in [-0.2, 0) is 0 Å². The van der Waals surface area contributed by atoms with Crippen LogP contribution in [0.4, 0.5) is 0 Å². The predicted molar refractivity (Wildman–Crippen MR) is 96.0 cm³/mol. The maximum absolute atomic E-state index is 12.8. The second-order valence-corrected chi connectivity index (χ2v) is 6.27. The quantitative estimate of drug-likeness (QED) is 0.679. The van der Waals surface area contributed by atoms with Crippen molar-refractivity contribution in [3.63, 3.8) is 0 Å². The van der Waals surface area contributed by atoms with Gasteiger partial charge in [-0.1, -0.05) is 5.16 Å². The molecule has 1 fully saturated rings. The number of hydrogen-bond donors (Lipinski definition) is 0. The lowest BCUT2D eigenvalue weighted by atomic mass is 10.1. The number of nitriles is 1. The molecular weight excluding hydrogens is 360 g/mol. The van der Waals surface area contributed by atoms with Crippen molar-refractivity contribution in [3.05, 3.63) is 54.4 Å². The minimum atomic E-state index is -0.272. The van der Waals surface area contributed by atoms with Gasteiger partial charge in [-0.25, -0.2) is 9.97 Å². The number of nitrogens with zero attached hydrogens (tertiary/aromatic N) is 6. The molecule has 9 nitrogen and oxygen atoms in total. The maximum Gasteiger partial charge on any atom is 0.276 e. The highest BCUT2D eigenvalue weighted by atomic mass is 16.5. The van der Waals surface area contributed by atoms with Crippen molar-refractivity contribution in [2.24, 2.45) is 0 Å². The lowest BCUT2D eigenvalue weighted by Crippen LogP contribution is -2.44. The van der Waals surface area contributed by atoms with E-state index in [9.17, 15) is 4.79 Å². The number of carbonyl (C=O) groups excluding carboxylic acids is 1.